The molecule has 1 aliphatic heterocycles. The van der Waals surface area contributed by atoms with E-state index in [4.69, 9.17) is 15.9 Å². The number of hydrogen-bond acceptors (Lipinski definition) is 8. The van der Waals surface area contributed by atoms with E-state index in [1.165, 1.54) is 19.3 Å². The molecule has 0 aromatic heterocycles. The van der Waals surface area contributed by atoms with Gasteiger partial charge in [0.2, 0.25) is 23.6 Å². The maximum atomic E-state index is 14.2. The quantitative estimate of drug-likeness (QED) is 0.171. The molecule has 5 rings (SSSR count). The molecule has 284 valence electrons. The molecule has 12 heteroatoms. The topological polar surface area (TPSA) is 160 Å². The van der Waals surface area contributed by atoms with E-state index >= 15 is 0 Å². The summed E-state index contributed by atoms with van der Waals surface area (Å²) < 4.78 is 10.5. The average Bonchev–Trinajstić information content (AvgIpc) is 3.52. The molecule has 3 N–H and O–H groups in total. The lowest BCUT2D eigenvalue weighted by Gasteiger charge is -2.56. The van der Waals surface area contributed by atoms with Gasteiger partial charge >= 0.3 is 11.9 Å². The highest BCUT2D eigenvalue weighted by Crippen LogP contribution is 2.60. The van der Waals surface area contributed by atoms with Gasteiger partial charge in [0.1, 0.15) is 29.8 Å². The van der Waals surface area contributed by atoms with Gasteiger partial charge in [0, 0.05) is 13.0 Å². The molecular weight excluding hydrogens is 652 g/mol. The zero-order chi connectivity index (χ0) is 37.7. The Kier molecular flexibility index (Phi) is 13.2. The third-order valence-corrected chi connectivity index (χ3v) is 10.9. The van der Waals surface area contributed by atoms with E-state index in [0.717, 1.165) is 19.3 Å². The lowest BCUT2D eigenvalue weighted by Crippen LogP contribution is -2.60. The van der Waals surface area contributed by atoms with Gasteiger partial charge in [-0.3, -0.25) is 24.0 Å². The van der Waals surface area contributed by atoms with Crippen molar-refractivity contribution in [2.24, 2.45) is 35.0 Å². The maximum absolute atomic E-state index is 14.2. The number of carbonyl (C=O) groups is 6. The van der Waals surface area contributed by atoms with E-state index in [9.17, 15) is 28.8 Å². The zero-order valence-electron chi connectivity index (χ0n) is 31.7. The second kappa shape index (κ2) is 16.8. The number of terminal acetylenes is 1. The van der Waals surface area contributed by atoms with Crippen LogP contribution >= 0.6 is 0 Å². The number of ether oxygens (including phenoxy) is 2. The van der Waals surface area contributed by atoms with Crippen LogP contribution in [0, 0.1) is 47.3 Å². The molecule has 0 radical (unpaired) electrons. The fourth-order valence-electron chi connectivity index (χ4n) is 9.08. The van der Waals surface area contributed by atoms with E-state index in [2.05, 4.69) is 21.9 Å². The number of amides is 4. The molecule has 4 aliphatic carbocycles. The normalized spacial score (nSPS) is 26.9. The van der Waals surface area contributed by atoms with Crippen molar-refractivity contribution in [2.75, 3.05) is 13.2 Å². The van der Waals surface area contributed by atoms with Crippen LogP contribution in [0.2, 0.25) is 0 Å². The predicted octanol–water partition coefficient (Wildman–Crippen LogP) is 3.65. The highest BCUT2D eigenvalue weighted by molar-refractivity contribution is 5.96. The Bertz CT molecular complexity index is 1330. The van der Waals surface area contributed by atoms with Gasteiger partial charge in [-0.15, -0.1) is 6.42 Å². The molecule has 0 spiro atoms. The van der Waals surface area contributed by atoms with Crippen LogP contribution in [0.5, 0.6) is 0 Å². The number of carbonyl (C=O) groups excluding carboxylic acids is 6. The summed E-state index contributed by atoms with van der Waals surface area (Å²) >= 11 is 0. The highest BCUT2D eigenvalue weighted by atomic mass is 16.6. The number of hydrogen-bond donors (Lipinski definition) is 3. The standard InChI is InChI=1S/C39H60N4O8/c1-9-15-50-36(48)32(24(4)5)42-33(45)28(12-13-31(44)51-38(6,7)8)40-34(46)29(16-23(2)3)41-35(47)30-11-10-14-43(30)37(49)39-20-25-17-26(21-39)19-27(18-25)22-39/h1,23-30,32H,10-22H2,2-8H3,(H,40,46)(H,41,47)(H,42,45)/t25?,26?,27?,28-,29-,30-,32-,39?/m0/s1. The number of nitrogens with zero attached hydrogens (tertiary/aromatic N) is 1. The zero-order valence-corrected chi connectivity index (χ0v) is 31.7. The first-order valence-corrected chi connectivity index (χ1v) is 19.0. The van der Waals surface area contributed by atoms with Gasteiger partial charge in [0.05, 0.1) is 5.41 Å². The van der Waals surface area contributed by atoms with E-state index in [-0.39, 0.29) is 54.9 Å². The molecule has 5 aliphatic rings. The van der Waals surface area contributed by atoms with Crippen LogP contribution in [0.15, 0.2) is 0 Å². The number of nitrogens with one attached hydrogen (secondary N) is 3. The molecule has 4 saturated carbocycles. The van der Waals surface area contributed by atoms with E-state index in [1.807, 2.05) is 13.8 Å². The Morgan fingerprint density at radius 2 is 1.47 bits per heavy atom. The molecule has 4 atom stereocenters. The van der Waals surface area contributed by atoms with Crippen molar-refractivity contribution in [3.8, 4) is 12.3 Å². The van der Waals surface area contributed by atoms with Gasteiger partial charge in [-0.1, -0.05) is 33.6 Å². The van der Waals surface area contributed by atoms with Crippen LogP contribution in [0.3, 0.4) is 0 Å². The van der Waals surface area contributed by atoms with Gasteiger partial charge in [-0.25, -0.2) is 4.79 Å². The summed E-state index contributed by atoms with van der Waals surface area (Å²) in [6, 6.07) is -3.97. The van der Waals surface area contributed by atoms with Gasteiger partial charge in [0.15, 0.2) is 6.61 Å². The minimum absolute atomic E-state index is 0.000301. The lowest BCUT2D eigenvalue weighted by molar-refractivity contribution is -0.160. The molecule has 0 aromatic carbocycles. The van der Waals surface area contributed by atoms with Crippen molar-refractivity contribution in [3.05, 3.63) is 0 Å². The summed E-state index contributed by atoms with van der Waals surface area (Å²) in [6.07, 6.45) is 12.8. The molecule has 0 unspecified atom stereocenters. The van der Waals surface area contributed by atoms with Crippen LogP contribution < -0.4 is 16.0 Å². The van der Waals surface area contributed by atoms with Crippen LogP contribution in [0.4, 0.5) is 0 Å². The smallest absolute Gasteiger partial charge is 0.329 e. The molecule has 0 aromatic rings. The van der Waals surface area contributed by atoms with Crippen LogP contribution in [-0.4, -0.2) is 83.4 Å². The number of esters is 2. The van der Waals surface area contributed by atoms with E-state index in [0.29, 0.717) is 37.1 Å². The minimum atomic E-state index is -1.24. The third-order valence-electron chi connectivity index (χ3n) is 10.9. The molecule has 1 saturated heterocycles. The van der Waals surface area contributed by atoms with Crippen molar-refractivity contribution in [3.63, 3.8) is 0 Å². The first-order chi connectivity index (χ1) is 23.9. The minimum Gasteiger partial charge on any atom is -0.460 e. The van der Waals surface area contributed by atoms with E-state index in [1.54, 1.807) is 39.5 Å². The summed E-state index contributed by atoms with van der Waals surface area (Å²) in [5.74, 6) is 0.797. The number of likely N-dealkylation sites (tertiary alicyclic amines) is 1. The Morgan fingerprint density at radius 1 is 0.882 bits per heavy atom. The second-order valence-corrected chi connectivity index (χ2v) is 17.3. The first kappa shape index (κ1) is 40.2. The van der Waals surface area contributed by atoms with Gasteiger partial charge < -0.3 is 30.3 Å². The molecule has 1 heterocycles. The molecule has 51 heavy (non-hydrogen) atoms. The largest absolute Gasteiger partial charge is 0.460 e. The van der Waals surface area contributed by atoms with Crippen molar-refractivity contribution < 1.29 is 38.2 Å². The summed E-state index contributed by atoms with van der Waals surface area (Å²) in [7, 11) is 0. The first-order valence-electron chi connectivity index (χ1n) is 19.0. The summed E-state index contributed by atoms with van der Waals surface area (Å²) in [5, 5.41) is 8.34. The fraction of sp³-hybridized carbons (Fsp3) is 0.795. The van der Waals surface area contributed by atoms with Crippen molar-refractivity contribution in [1.82, 2.24) is 20.9 Å². The Labute approximate surface area is 303 Å². The monoisotopic (exact) mass is 712 g/mol. The van der Waals surface area contributed by atoms with Crippen molar-refractivity contribution >= 4 is 35.6 Å². The van der Waals surface area contributed by atoms with Crippen LogP contribution in [0.25, 0.3) is 0 Å². The van der Waals surface area contributed by atoms with Crippen LogP contribution in [-0.2, 0) is 38.2 Å². The van der Waals surface area contributed by atoms with Gasteiger partial charge in [0.25, 0.3) is 0 Å². The highest BCUT2D eigenvalue weighted by Gasteiger charge is 2.57. The molecular formula is C39H60N4O8. The van der Waals surface area contributed by atoms with E-state index < -0.39 is 53.5 Å². The number of rotatable bonds is 15. The average molecular weight is 713 g/mol. The Balaban J connectivity index is 1.48. The third kappa shape index (κ3) is 10.5. The lowest BCUT2D eigenvalue weighted by atomic mass is 9.49. The summed E-state index contributed by atoms with van der Waals surface area (Å²) in [4.78, 5) is 82.9. The van der Waals surface area contributed by atoms with Crippen molar-refractivity contribution in [1.29, 1.82) is 0 Å². The SMILES string of the molecule is C#CCOC(=O)[C@@H](NC(=O)[C@H](CCC(=O)OC(C)(C)C)NC(=O)[C@H](CC(C)C)NC(=O)[C@@H]1CCCN1C(=O)C12CC3CC(CC(C3)C1)C2)C(C)C. The van der Waals surface area contributed by atoms with Gasteiger partial charge in [-0.05, 0) is 115 Å². The molecule has 5 fully saturated rings. The molecule has 4 amide bonds. The Morgan fingerprint density at radius 3 is 2.00 bits per heavy atom. The van der Waals surface area contributed by atoms with Crippen molar-refractivity contribution in [2.45, 2.75) is 149 Å². The predicted molar refractivity (Wildman–Crippen MR) is 190 cm³/mol. The summed E-state index contributed by atoms with van der Waals surface area (Å²) in [5.41, 5.74) is -1.12. The van der Waals surface area contributed by atoms with Crippen LogP contribution in [0.1, 0.15) is 119 Å². The second-order valence-electron chi connectivity index (χ2n) is 17.3. The maximum Gasteiger partial charge on any atom is 0.329 e. The summed E-state index contributed by atoms with van der Waals surface area (Å²) in [6.45, 7) is 12.7. The molecule has 4 bridgehead atoms. The Hall–Kier alpha value is -3.62. The van der Waals surface area contributed by atoms with Gasteiger partial charge in [-0.2, -0.15) is 0 Å². The fourth-order valence-corrected chi connectivity index (χ4v) is 9.08. The molecule has 12 nitrogen and oxygen atoms in total.